The number of fused-ring (bicyclic) bond motifs is 1. The number of hydrogen-bond acceptors (Lipinski definition) is 11. The van der Waals surface area contributed by atoms with Crippen molar-refractivity contribution in [1.82, 2.24) is 25.5 Å². The fourth-order valence-electron chi connectivity index (χ4n) is 7.13. The van der Waals surface area contributed by atoms with Crippen LogP contribution < -0.4 is 36.2 Å². The molecule has 1 atom stereocenters. The highest BCUT2D eigenvalue weighted by Gasteiger charge is 2.39. The van der Waals surface area contributed by atoms with E-state index in [2.05, 4.69) is 36.1 Å². The quantitative estimate of drug-likeness (QED) is 0.115. The fraction of sp³-hybridized carbons (Fsp3) is 0.342. The van der Waals surface area contributed by atoms with Crippen LogP contribution in [0.3, 0.4) is 0 Å². The Balaban J connectivity index is 0.938. The highest BCUT2D eigenvalue weighted by molar-refractivity contribution is 7.70. The predicted octanol–water partition coefficient (Wildman–Crippen LogP) is 5.39. The van der Waals surface area contributed by atoms with E-state index in [9.17, 15) is 18.9 Å². The van der Waals surface area contributed by atoms with Crippen LogP contribution in [0.5, 0.6) is 5.75 Å². The number of imide groups is 1. The van der Waals surface area contributed by atoms with Crippen molar-refractivity contribution in [1.29, 1.82) is 0 Å². The lowest BCUT2D eigenvalue weighted by molar-refractivity contribution is -0.136. The maximum atomic E-state index is 13.1. The number of halogens is 1. The Morgan fingerprint density at radius 2 is 1.77 bits per heavy atom. The van der Waals surface area contributed by atoms with E-state index in [-0.39, 0.29) is 18.2 Å². The van der Waals surface area contributed by atoms with Crippen molar-refractivity contribution >= 4 is 70.6 Å². The third-order valence-corrected chi connectivity index (χ3v) is 11.8. The number of benzene rings is 3. The van der Waals surface area contributed by atoms with Gasteiger partial charge in [0.05, 0.1) is 24.7 Å². The van der Waals surface area contributed by atoms with Gasteiger partial charge in [-0.05, 0) is 74.1 Å². The van der Waals surface area contributed by atoms with Crippen molar-refractivity contribution in [3.8, 4) is 5.75 Å². The van der Waals surface area contributed by atoms with Gasteiger partial charge in [-0.1, -0.05) is 35.9 Å². The van der Waals surface area contributed by atoms with Crippen molar-refractivity contribution in [2.24, 2.45) is 0 Å². The Bertz CT molecular complexity index is 2120. The van der Waals surface area contributed by atoms with E-state index in [1.165, 1.54) is 6.20 Å². The van der Waals surface area contributed by atoms with E-state index < -0.39 is 19.1 Å². The van der Waals surface area contributed by atoms with Gasteiger partial charge in [0.1, 0.15) is 24.0 Å². The second-order valence-corrected chi connectivity index (χ2v) is 17.5. The molecule has 3 aliphatic rings. The van der Waals surface area contributed by atoms with Crippen LogP contribution in [0.25, 0.3) is 0 Å². The molecule has 276 valence electrons. The van der Waals surface area contributed by atoms with Gasteiger partial charge >= 0.3 is 0 Å². The van der Waals surface area contributed by atoms with Gasteiger partial charge in [-0.2, -0.15) is 4.98 Å². The minimum Gasteiger partial charge on any atom is -0.494 e. The van der Waals surface area contributed by atoms with E-state index in [4.69, 9.17) is 16.3 Å². The third-order valence-electron chi connectivity index (χ3n) is 9.96. The summed E-state index contributed by atoms with van der Waals surface area (Å²) in [6.07, 6.45) is 4.02. The molecule has 15 heteroatoms. The largest absolute Gasteiger partial charge is 0.494 e. The van der Waals surface area contributed by atoms with E-state index in [0.717, 1.165) is 42.7 Å². The number of aromatic nitrogens is 2. The molecule has 0 radical (unpaired) electrons. The first kappa shape index (κ1) is 36.4. The van der Waals surface area contributed by atoms with E-state index >= 15 is 0 Å². The van der Waals surface area contributed by atoms with Gasteiger partial charge in [-0.3, -0.25) is 19.7 Å². The zero-order valence-electron chi connectivity index (χ0n) is 29.8. The standard InChI is InChI=1S/C38H42ClN8O5P/c1-52-32-19-26(9-11-29(32)43-38-41-21-28(39)35(45-38)42-30-6-4-5-7-33(30)53(2,3)51)46-16-14-25(15-17-46)40-20-23-8-10-27-24(18-23)22-47(37(27)50)31-12-13-34(48)44-36(31)49/h4-11,18-19,21,25,31,40H,12-17,20,22H2,1-3H3,(H,44,48,49)(H2,41,42,43,45). The maximum absolute atomic E-state index is 13.1. The summed E-state index contributed by atoms with van der Waals surface area (Å²) in [4.78, 5) is 49.9. The number of piperidine rings is 2. The lowest BCUT2D eigenvalue weighted by Gasteiger charge is -2.34. The molecule has 0 aliphatic carbocycles. The van der Waals surface area contributed by atoms with Crippen molar-refractivity contribution in [3.05, 3.63) is 88.6 Å². The van der Waals surface area contributed by atoms with Crippen LogP contribution in [0.1, 0.15) is 47.2 Å². The molecule has 0 saturated carbocycles. The number of hydrogen-bond donors (Lipinski definition) is 4. The number of methoxy groups -OCH3 is 1. The molecular formula is C38H42ClN8O5P. The third kappa shape index (κ3) is 8.02. The Morgan fingerprint density at radius 3 is 2.53 bits per heavy atom. The van der Waals surface area contributed by atoms with Crippen molar-refractivity contribution in [3.63, 3.8) is 0 Å². The minimum atomic E-state index is -2.55. The van der Waals surface area contributed by atoms with Crippen molar-refractivity contribution in [2.75, 3.05) is 49.1 Å². The zero-order valence-corrected chi connectivity index (χ0v) is 31.5. The summed E-state index contributed by atoms with van der Waals surface area (Å²) in [6, 6.07) is 19.0. The number of carbonyl (C=O) groups excluding carboxylic acids is 3. The van der Waals surface area contributed by atoms with Crippen LogP contribution in [0.4, 0.5) is 28.8 Å². The van der Waals surface area contributed by atoms with Gasteiger partial charge in [0.25, 0.3) is 5.91 Å². The van der Waals surface area contributed by atoms with Crippen molar-refractivity contribution < 1.29 is 23.7 Å². The first-order chi connectivity index (χ1) is 25.5. The van der Waals surface area contributed by atoms with Gasteiger partial charge in [0.15, 0.2) is 5.82 Å². The summed E-state index contributed by atoms with van der Waals surface area (Å²) < 4.78 is 18.6. The van der Waals surface area contributed by atoms with Gasteiger partial charge in [-0.25, -0.2) is 4.98 Å². The number of ether oxygens (including phenoxy) is 1. The molecule has 3 aliphatic heterocycles. The summed E-state index contributed by atoms with van der Waals surface area (Å²) >= 11 is 6.45. The van der Waals surface area contributed by atoms with E-state index in [1.807, 2.05) is 60.7 Å². The molecule has 13 nitrogen and oxygen atoms in total. The number of para-hydroxylation sites is 1. The average Bonchev–Trinajstić information content (AvgIpc) is 3.47. The van der Waals surface area contributed by atoms with Gasteiger partial charge in [-0.15, -0.1) is 0 Å². The molecule has 4 heterocycles. The monoisotopic (exact) mass is 756 g/mol. The molecule has 4 aromatic rings. The molecule has 0 spiro atoms. The minimum absolute atomic E-state index is 0.160. The first-order valence-electron chi connectivity index (χ1n) is 17.6. The van der Waals surface area contributed by atoms with Gasteiger partial charge < -0.3 is 35.1 Å². The van der Waals surface area contributed by atoms with E-state index in [0.29, 0.717) is 70.3 Å². The van der Waals surface area contributed by atoms with Crippen molar-refractivity contribution in [2.45, 2.75) is 50.9 Å². The Labute approximate surface area is 313 Å². The lowest BCUT2D eigenvalue weighted by atomic mass is 10.0. The van der Waals surface area contributed by atoms with Crippen LogP contribution in [0.15, 0.2) is 66.9 Å². The summed E-state index contributed by atoms with van der Waals surface area (Å²) in [5.74, 6) is 0.505. The van der Waals surface area contributed by atoms with Crippen LogP contribution in [0, 0.1) is 0 Å². The van der Waals surface area contributed by atoms with E-state index in [1.54, 1.807) is 25.3 Å². The first-order valence-corrected chi connectivity index (χ1v) is 20.6. The Kier molecular flexibility index (Phi) is 10.4. The molecule has 7 rings (SSSR count). The lowest BCUT2D eigenvalue weighted by Crippen LogP contribution is -2.52. The zero-order chi connectivity index (χ0) is 37.3. The SMILES string of the molecule is COc1cc(N2CCC(NCc3ccc4c(c3)CN(C3CCC(=O)NC3=O)C4=O)CC2)ccc1Nc1ncc(Cl)c(Nc2ccccc2P(C)(C)=O)n1. The van der Waals surface area contributed by atoms with Crippen LogP contribution in [0.2, 0.25) is 5.02 Å². The molecule has 1 aromatic heterocycles. The maximum Gasteiger partial charge on any atom is 0.255 e. The van der Waals surface area contributed by atoms with Gasteiger partial charge in [0, 0.05) is 61.3 Å². The normalized spacial score (nSPS) is 17.8. The summed E-state index contributed by atoms with van der Waals surface area (Å²) in [7, 11) is -0.923. The number of carbonyl (C=O) groups is 3. The number of amides is 3. The molecule has 4 N–H and O–H groups in total. The van der Waals surface area contributed by atoms with Gasteiger partial charge in [0.2, 0.25) is 17.8 Å². The summed E-state index contributed by atoms with van der Waals surface area (Å²) in [5.41, 5.74) is 5.04. The summed E-state index contributed by atoms with van der Waals surface area (Å²) in [5, 5.41) is 13.6. The molecule has 3 amide bonds. The fourth-order valence-corrected chi connectivity index (χ4v) is 8.43. The van der Waals surface area contributed by atoms with Crippen LogP contribution >= 0.6 is 18.7 Å². The Hall–Kier alpha value is -4.97. The second-order valence-electron chi connectivity index (χ2n) is 13.9. The topological polar surface area (TPSA) is 158 Å². The second kappa shape index (κ2) is 15.2. The smallest absolute Gasteiger partial charge is 0.255 e. The molecular weight excluding hydrogens is 715 g/mol. The molecule has 53 heavy (non-hydrogen) atoms. The molecule has 2 saturated heterocycles. The highest BCUT2D eigenvalue weighted by atomic mass is 35.5. The highest BCUT2D eigenvalue weighted by Crippen LogP contribution is 2.39. The number of anilines is 5. The van der Waals surface area contributed by atoms with Crippen LogP contribution in [-0.2, 0) is 27.2 Å². The number of nitrogens with zero attached hydrogens (tertiary/aromatic N) is 4. The molecule has 2 fully saturated rings. The summed E-state index contributed by atoms with van der Waals surface area (Å²) in [6.45, 7) is 6.23. The molecule has 1 unspecified atom stereocenters. The molecule has 3 aromatic carbocycles. The molecule has 0 bridgehead atoms. The number of nitrogens with one attached hydrogen (secondary N) is 4. The predicted molar refractivity (Wildman–Crippen MR) is 207 cm³/mol. The number of rotatable bonds is 11. The Morgan fingerprint density at radius 1 is 0.981 bits per heavy atom. The van der Waals surface area contributed by atoms with Crippen LogP contribution in [-0.4, -0.2) is 78.2 Å². The average molecular weight is 757 g/mol.